The van der Waals surface area contributed by atoms with Gasteiger partial charge in [0.2, 0.25) is 11.8 Å². The highest BCUT2D eigenvalue weighted by atomic mass is 16.2. The van der Waals surface area contributed by atoms with E-state index in [-0.39, 0.29) is 11.8 Å². The summed E-state index contributed by atoms with van der Waals surface area (Å²) < 4.78 is 0. The van der Waals surface area contributed by atoms with Gasteiger partial charge in [-0.15, -0.1) is 0 Å². The van der Waals surface area contributed by atoms with Crippen LogP contribution in [0.1, 0.15) is 51.5 Å². The van der Waals surface area contributed by atoms with Crippen LogP contribution in [-0.2, 0) is 16.1 Å². The molecule has 3 N–H and O–H groups in total. The van der Waals surface area contributed by atoms with Crippen LogP contribution in [0, 0.1) is 0 Å². The summed E-state index contributed by atoms with van der Waals surface area (Å²) in [5, 5.41) is 9.17. The molecule has 1 fully saturated rings. The highest BCUT2D eigenvalue weighted by Gasteiger charge is 2.40. The third-order valence-electron chi connectivity index (χ3n) is 4.32. The Morgan fingerprint density at radius 3 is 2.57 bits per heavy atom. The fourth-order valence-electron chi connectivity index (χ4n) is 3.18. The van der Waals surface area contributed by atoms with E-state index >= 15 is 0 Å². The molecule has 0 aliphatic heterocycles. The lowest BCUT2D eigenvalue weighted by Gasteiger charge is -2.36. The number of hydrogen-bond donors (Lipinski definition) is 3. The largest absolute Gasteiger partial charge is 0.342 e. The molecule has 0 aromatic heterocycles. The van der Waals surface area contributed by atoms with E-state index in [4.69, 9.17) is 0 Å². The highest BCUT2D eigenvalue weighted by molar-refractivity contribution is 6.00. The summed E-state index contributed by atoms with van der Waals surface area (Å²) in [4.78, 5) is 24.4. The van der Waals surface area contributed by atoms with Gasteiger partial charge in [0.1, 0.15) is 5.54 Å². The summed E-state index contributed by atoms with van der Waals surface area (Å²) in [5.41, 5.74) is 1.14. The van der Waals surface area contributed by atoms with Gasteiger partial charge in [-0.1, -0.05) is 38.3 Å². The van der Waals surface area contributed by atoms with Crippen molar-refractivity contribution in [1.82, 2.24) is 10.6 Å². The second-order valence-corrected chi connectivity index (χ2v) is 6.26. The topological polar surface area (TPSA) is 70.2 Å². The zero-order valence-electron chi connectivity index (χ0n) is 14.1. The fourth-order valence-corrected chi connectivity index (χ4v) is 3.18. The van der Waals surface area contributed by atoms with E-state index < -0.39 is 5.54 Å². The highest BCUT2D eigenvalue weighted by Crippen LogP contribution is 2.29. The van der Waals surface area contributed by atoms with Crippen molar-refractivity contribution in [3.63, 3.8) is 0 Å². The second kappa shape index (κ2) is 8.11. The van der Waals surface area contributed by atoms with Crippen LogP contribution in [0.5, 0.6) is 0 Å². The third kappa shape index (κ3) is 4.79. The average molecular weight is 317 g/mol. The first-order chi connectivity index (χ1) is 11.1. The molecule has 0 unspecified atom stereocenters. The molecule has 0 spiro atoms. The number of anilines is 1. The molecule has 0 saturated heterocycles. The monoisotopic (exact) mass is 317 g/mol. The SMILES string of the molecule is CCNCc1cccc(NC(=O)C2(NC(C)=O)CCCCC2)c1. The standard InChI is InChI=1S/C18H27N3O2/c1-3-19-13-15-8-7-9-16(12-15)20-17(23)18(21-14(2)22)10-5-4-6-11-18/h7-9,12,19H,3-6,10-11,13H2,1-2H3,(H,20,23)(H,21,22). The van der Waals surface area contributed by atoms with E-state index in [0.29, 0.717) is 12.8 Å². The van der Waals surface area contributed by atoms with E-state index in [0.717, 1.165) is 43.6 Å². The summed E-state index contributed by atoms with van der Waals surface area (Å²) in [7, 11) is 0. The van der Waals surface area contributed by atoms with Gasteiger partial charge in [0.15, 0.2) is 0 Å². The Kier molecular flexibility index (Phi) is 6.16. The lowest BCUT2D eigenvalue weighted by Crippen LogP contribution is -2.57. The summed E-state index contributed by atoms with van der Waals surface area (Å²) in [5.74, 6) is -0.254. The minimum absolute atomic E-state index is 0.104. The molecule has 1 aromatic carbocycles. The predicted molar refractivity (Wildman–Crippen MR) is 92.1 cm³/mol. The molecular weight excluding hydrogens is 290 g/mol. The van der Waals surface area contributed by atoms with Crippen LogP contribution >= 0.6 is 0 Å². The Balaban J connectivity index is 2.10. The molecular formula is C18H27N3O2. The molecule has 1 aromatic rings. The molecule has 126 valence electrons. The predicted octanol–water partition coefficient (Wildman–Crippen LogP) is 2.57. The van der Waals surface area contributed by atoms with Gasteiger partial charge in [0.25, 0.3) is 0 Å². The van der Waals surface area contributed by atoms with Crippen LogP contribution in [0.2, 0.25) is 0 Å². The Morgan fingerprint density at radius 2 is 1.91 bits per heavy atom. The van der Waals surface area contributed by atoms with Crippen LogP contribution in [-0.4, -0.2) is 23.9 Å². The van der Waals surface area contributed by atoms with Crippen molar-refractivity contribution < 1.29 is 9.59 Å². The molecule has 0 atom stereocenters. The van der Waals surface area contributed by atoms with Gasteiger partial charge in [0, 0.05) is 19.2 Å². The van der Waals surface area contributed by atoms with Gasteiger partial charge < -0.3 is 16.0 Å². The number of hydrogen-bond acceptors (Lipinski definition) is 3. The number of rotatable bonds is 6. The molecule has 1 aliphatic carbocycles. The first kappa shape index (κ1) is 17.5. The van der Waals surface area contributed by atoms with E-state index in [1.165, 1.54) is 6.92 Å². The maximum atomic E-state index is 12.8. The van der Waals surface area contributed by atoms with Crippen molar-refractivity contribution >= 4 is 17.5 Å². The van der Waals surface area contributed by atoms with E-state index in [9.17, 15) is 9.59 Å². The summed E-state index contributed by atoms with van der Waals surface area (Å²) in [6.45, 7) is 5.21. The van der Waals surface area contributed by atoms with Gasteiger partial charge in [-0.2, -0.15) is 0 Å². The number of amides is 2. The summed E-state index contributed by atoms with van der Waals surface area (Å²) >= 11 is 0. The minimum atomic E-state index is -0.762. The summed E-state index contributed by atoms with van der Waals surface area (Å²) in [6, 6.07) is 7.83. The first-order valence-electron chi connectivity index (χ1n) is 8.45. The smallest absolute Gasteiger partial charge is 0.250 e. The number of carbonyl (C=O) groups excluding carboxylic acids is 2. The Morgan fingerprint density at radius 1 is 1.17 bits per heavy atom. The van der Waals surface area contributed by atoms with Crippen molar-refractivity contribution in [2.45, 2.75) is 58.0 Å². The Labute approximate surface area is 138 Å². The van der Waals surface area contributed by atoms with Crippen molar-refractivity contribution in [3.05, 3.63) is 29.8 Å². The van der Waals surface area contributed by atoms with Crippen LogP contribution < -0.4 is 16.0 Å². The second-order valence-electron chi connectivity index (χ2n) is 6.26. The lowest BCUT2D eigenvalue weighted by molar-refractivity contribution is -0.130. The summed E-state index contributed by atoms with van der Waals surface area (Å²) in [6.07, 6.45) is 4.46. The molecule has 2 amide bonds. The number of nitrogens with one attached hydrogen (secondary N) is 3. The van der Waals surface area contributed by atoms with Crippen LogP contribution in [0.4, 0.5) is 5.69 Å². The molecule has 0 radical (unpaired) electrons. The number of benzene rings is 1. The van der Waals surface area contributed by atoms with E-state index in [1.54, 1.807) is 0 Å². The third-order valence-corrected chi connectivity index (χ3v) is 4.32. The van der Waals surface area contributed by atoms with Crippen molar-refractivity contribution in [1.29, 1.82) is 0 Å². The first-order valence-corrected chi connectivity index (χ1v) is 8.45. The van der Waals surface area contributed by atoms with Crippen molar-refractivity contribution in [2.75, 3.05) is 11.9 Å². The van der Waals surface area contributed by atoms with Gasteiger partial charge in [-0.3, -0.25) is 9.59 Å². The van der Waals surface area contributed by atoms with Gasteiger partial charge >= 0.3 is 0 Å². The zero-order valence-corrected chi connectivity index (χ0v) is 14.1. The molecule has 1 aliphatic rings. The molecule has 1 saturated carbocycles. The average Bonchev–Trinajstić information content (AvgIpc) is 2.53. The van der Waals surface area contributed by atoms with Gasteiger partial charge in [-0.25, -0.2) is 0 Å². The lowest BCUT2D eigenvalue weighted by atomic mass is 9.80. The Hall–Kier alpha value is -1.88. The van der Waals surface area contributed by atoms with Gasteiger partial charge in [0.05, 0.1) is 0 Å². The Bertz CT molecular complexity index is 551. The van der Waals surface area contributed by atoms with Crippen molar-refractivity contribution in [3.8, 4) is 0 Å². The molecule has 2 rings (SSSR count). The van der Waals surface area contributed by atoms with Crippen molar-refractivity contribution in [2.24, 2.45) is 0 Å². The van der Waals surface area contributed by atoms with Crippen LogP contribution in [0.25, 0.3) is 0 Å². The molecule has 5 heteroatoms. The molecule has 5 nitrogen and oxygen atoms in total. The quantitative estimate of drug-likeness (QED) is 0.755. The molecule has 0 bridgehead atoms. The normalized spacial score (nSPS) is 16.6. The maximum absolute atomic E-state index is 12.8. The molecule has 23 heavy (non-hydrogen) atoms. The van der Waals surface area contributed by atoms with Crippen LogP contribution in [0.3, 0.4) is 0 Å². The van der Waals surface area contributed by atoms with E-state index in [1.807, 2.05) is 24.3 Å². The number of carbonyl (C=O) groups is 2. The van der Waals surface area contributed by atoms with E-state index in [2.05, 4.69) is 22.9 Å². The fraction of sp³-hybridized carbons (Fsp3) is 0.556. The van der Waals surface area contributed by atoms with Gasteiger partial charge in [-0.05, 0) is 37.1 Å². The minimum Gasteiger partial charge on any atom is -0.342 e. The zero-order chi connectivity index (χ0) is 16.7. The van der Waals surface area contributed by atoms with Crippen LogP contribution in [0.15, 0.2) is 24.3 Å². The maximum Gasteiger partial charge on any atom is 0.250 e. The molecule has 0 heterocycles.